The Morgan fingerprint density at radius 3 is 2.31 bits per heavy atom. The lowest BCUT2D eigenvalue weighted by atomic mass is 10.3. The van der Waals surface area contributed by atoms with E-state index in [1.807, 2.05) is 0 Å². The van der Waals surface area contributed by atoms with Gasteiger partial charge in [-0.05, 0) is 48.5 Å². The van der Waals surface area contributed by atoms with E-state index in [-0.39, 0.29) is 33.8 Å². The summed E-state index contributed by atoms with van der Waals surface area (Å²) >= 11 is 0. The fourth-order valence-electron chi connectivity index (χ4n) is 3.52. The van der Waals surface area contributed by atoms with Crippen molar-refractivity contribution in [2.75, 3.05) is 19.3 Å². The average molecular weight is 616 g/mol. The molecule has 0 bridgehead atoms. The van der Waals surface area contributed by atoms with Crippen LogP contribution in [0.4, 0.5) is 26.3 Å². The number of halogens is 6. The van der Waals surface area contributed by atoms with Gasteiger partial charge < -0.3 is 9.15 Å². The molecule has 0 aliphatic rings. The first-order chi connectivity index (χ1) is 19.9. The molecule has 0 amide bonds. The van der Waals surface area contributed by atoms with Crippen molar-refractivity contribution in [1.29, 1.82) is 0 Å². The molecule has 0 radical (unpaired) electrons. The van der Waals surface area contributed by atoms with Crippen LogP contribution in [0.25, 0.3) is 34.2 Å². The van der Waals surface area contributed by atoms with Crippen molar-refractivity contribution in [2.45, 2.75) is 18.0 Å². The predicted molar refractivity (Wildman–Crippen MR) is 136 cm³/mol. The summed E-state index contributed by atoms with van der Waals surface area (Å²) in [6.07, 6.45) is -3.39. The predicted octanol–water partition coefficient (Wildman–Crippen LogP) is 4.98. The Balaban J connectivity index is 0.000000612. The largest absolute Gasteiger partial charge is 0.463 e. The summed E-state index contributed by atoms with van der Waals surface area (Å²) in [4.78, 5) is 21.5. The normalized spacial score (nSPS) is 11.8. The van der Waals surface area contributed by atoms with E-state index in [4.69, 9.17) is 9.15 Å². The second kappa shape index (κ2) is 12.1. The number of rotatable bonds is 7. The molecule has 222 valence electrons. The van der Waals surface area contributed by atoms with Crippen molar-refractivity contribution >= 4 is 20.9 Å². The van der Waals surface area contributed by atoms with E-state index in [2.05, 4.69) is 15.1 Å². The lowest BCUT2D eigenvalue weighted by Crippen LogP contribution is -2.23. The van der Waals surface area contributed by atoms with E-state index < -0.39 is 41.1 Å². The molecular formula is C25H19F6N5O5S. The minimum absolute atomic E-state index is 0.00891. The number of oxazole rings is 1. The smallest absolute Gasteiger partial charge is 0.416 e. The van der Waals surface area contributed by atoms with Gasteiger partial charge in [0.2, 0.25) is 12.8 Å². The number of pyridine rings is 1. The monoisotopic (exact) mass is 615 g/mol. The van der Waals surface area contributed by atoms with Gasteiger partial charge in [-0.15, -0.1) is 0 Å². The molecule has 0 fully saturated rings. The van der Waals surface area contributed by atoms with Gasteiger partial charge in [-0.25, -0.2) is 40.9 Å². The molecular weight excluding hydrogens is 596 g/mol. The average Bonchev–Trinajstić information content (AvgIpc) is 3.56. The molecule has 0 aliphatic carbocycles. The van der Waals surface area contributed by atoms with E-state index in [1.54, 1.807) is 0 Å². The number of nitrogens with zero attached hydrogens (tertiary/aromatic N) is 5. The molecule has 5 aromatic rings. The molecule has 0 spiro atoms. The Morgan fingerprint density at radius 1 is 1.00 bits per heavy atom. The highest BCUT2D eigenvalue weighted by molar-refractivity contribution is 7.91. The number of sulfone groups is 1. The van der Waals surface area contributed by atoms with Crippen LogP contribution < -0.4 is 10.4 Å². The Bertz CT molecular complexity index is 1870. The minimum atomic E-state index is -4.62. The number of ether oxygens (including phenoxy) is 1. The van der Waals surface area contributed by atoms with Crippen LogP contribution in [0.5, 0.6) is 5.75 Å². The summed E-state index contributed by atoms with van der Waals surface area (Å²) in [7, 11) is -3.77. The summed E-state index contributed by atoms with van der Waals surface area (Å²) < 4.78 is 106. The first kappa shape index (κ1) is 30.3. The fourth-order valence-corrected chi connectivity index (χ4v) is 4.53. The van der Waals surface area contributed by atoms with Gasteiger partial charge in [0.1, 0.15) is 29.1 Å². The molecule has 0 N–H and O–H groups in total. The van der Waals surface area contributed by atoms with Gasteiger partial charge in [0.05, 0.1) is 16.3 Å². The third-order valence-corrected chi connectivity index (χ3v) is 7.24. The number of benzene rings is 2. The van der Waals surface area contributed by atoms with Crippen molar-refractivity contribution in [2.24, 2.45) is 0 Å². The van der Waals surface area contributed by atoms with E-state index in [0.29, 0.717) is 16.8 Å². The number of fused-ring (bicyclic) bond motifs is 1. The van der Waals surface area contributed by atoms with Crippen LogP contribution in [0.1, 0.15) is 6.92 Å². The Labute approximate surface area is 232 Å². The molecule has 5 rings (SSSR count). The van der Waals surface area contributed by atoms with Gasteiger partial charge in [-0.3, -0.25) is 0 Å². The van der Waals surface area contributed by atoms with Crippen LogP contribution in [-0.2, 0) is 9.84 Å². The first-order valence-electron chi connectivity index (χ1n) is 11.8. The topological polar surface area (TPSA) is 122 Å². The lowest BCUT2D eigenvalue weighted by Gasteiger charge is -2.08. The van der Waals surface area contributed by atoms with Crippen LogP contribution in [0, 0.1) is 5.82 Å². The summed E-state index contributed by atoms with van der Waals surface area (Å²) in [5, 5.41) is 4.06. The molecule has 0 atom stereocenters. The van der Waals surface area contributed by atoms with Crippen molar-refractivity contribution in [1.82, 2.24) is 24.3 Å². The minimum Gasteiger partial charge on any atom is -0.463 e. The zero-order valence-corrected chi connectivity index (χ0v) is 22.2. The third kappa shape index (κ3) is 6.62. The summed E-state index contributed by atoms with van der Waals surface area (Å²) in [6, 6.07) is 12.3. The molecule has 10 nitrogen and oxygen atoms in total. The third-order valence-electron chi connectivity index (χ3n) is 5.48. The number of alkyl halides is 5. The summed E-state index contributed by atoms with van der Waals surface area (Å²) in [6.45, 7) is -1.78. The standard InChI is InChI=1S/C23H17F2N5O5S.C2H2F4/c1-2-36(32,33)19-9-10-20(30-23(31)29(13-26-30)15-5-3-14(25)4-6-15)28-21(19)22-27-17-11-16(34-12-24)7-8-18(17)35-22;3-1-2(4,5)6/h3-11,13H,2,12H2,1H3;1H2. The maximum absolute atomic E-state index is 13.3. The van der Waals surface area contributed by atoms with E-state index in [0.717, 1.165) is 4.68 Å². The lowest BCUT2D eigenvalue weighted by molar-refractivity contribution is -0.142. The second-order valence-corrected chi connectivity index (χ2v) is 10.5. The molecule has 42 heavy (non-hydrogen) atoms. The summed E-state index contributed by atoms with van der Waals surface area (Å²) in [5.41, 5.74) is 0.226. The van der Waals surface area contributed by atoms with Crippen molar-refractivity contribution in [3.8, 4) is 28.8 Å². The van der Waals surface area contributed by atoms with Crippen LogP contribution in [-0.4, -0.2) is 58.2 Å². The molecule has 2 aromatic carbocycles. The van der Waals surface area contributed by atoms with Gasteiger partial charge in [-0.1, -0.05) is 6.92 Å². The number of aromatic nitrogens is 5. The molecule has 0 unspecified atom stereocenters. The van der Waals surface area contributed by atoms with Crippen molar-refractivity contribution in [3.05, 3.63) is 77.2 Å². The molecule has 0 aliphatic heterocycles. The Morgan fingerprint density at radius 2 is 1.69 bits per heavy atom. The van der Waals surface area contributed by atoms with Crippen LogP contribution >= 0.6 is 0 Å². The zero-order valence-electron chi connectivity index (χ0n) is 21.3. The van der Waals surface area contributed by atoms with Crippen LogP contribution in [0.15, 0.2) is 75.0 Å². The molecule has 0 saturated carbocycles. The fraction of sp³-hybridized carbons (Fsp3) is 0.200. The van der Waals surface area contributed by atoms with Crippen LogP contribution in [0.3, 0.4) is 0 Å². The van der Waals surface area contributed by atoms with E-state index >= 15 is 0 Å². The zero-order chi connectivity index (χ0) is 30.7. The highest BCUT2D eigenvalue weighted by atomic mass is 32.2. The molecule has 3 heterocycles. The van der Waals surface area contributed by atoms with Gasteiger partial charge in [-0.2, -0.15) is 23.0 Å². The maximum atomic E-state index is 13.3. The highest BCUT2D eigenvalue weighted by Gasteiger charge is 2.26. The SMILES string of the molecule is CCS(=O)(=O)c1ccc(-n2ncn(-c3ccc(F)cc3)c2=O)nc1-c1nc2cc(OCF)ccc2o1.FCC(F)(F)F. The van der Waals surface area contributed by atoms with E-state index in [9.17, 15) is 39.6 Å². The molecule has 17 heteroatoms. The number of hydrogen-bond donors (Lipinski definition) is 0. The van der Waals surface area contributed by atoms with Crippen molar-refractivity contribution in [3.63, 3.8) is 0 Å². The molecule has 3 aromatic heterocycles. The van der Waals surface area contributed by atoms with Gasteiger partial charge in [0, 0.05) is 6.07 Å². The first-order valence-corrected chi connectivity index (χ1v) is 13.4. The van der Waals surface area contributed by atoms with Gasteiger partial charge in [0.15, 0.2) is 27.9 Å². The summed E-state index contributed by atoms with van der Waals surface area (Å²) in [5.74, 6) is -0.572. The van der Waals surface area contributed by atoms with Gasteiger partial charge >= 0.3 is 11.9 Å². The van der Waals surface area contributed by atoms with Crippen molar-refractivity contribution < 1.29 is 43.9 Å². The van der Waals surface area contributed by atoms with E-state index in [1.165, 1.54) is 72.4 Å². The number of hydrogen-bond acceptors (Lipinski definition) is 8. The molecule has 0 saturated heterocycles. The Hall–Kier alpha value is -4.67. The maximum Gasteiger partial charge on any atom is 0.416 e. The van der Waals surface area contributed by atoms with Gasteiger partial charge in [0.25, 0.3) is 0 Å². The Kier molecular flexibility index (Phi) is 8.70. The quantitative estimate of drug-likeness (QED) is 0.235. The second-order valence-electron chi connectivity index (χ2n) is 8.24. The highest BCUT2D eigenvalue weighted by Crippen LogP contribution is 2.31. The van der Waals surface area contributed by atoms with Crippen LogP contribution in [0.2, 0.25) is 0 Å².